The van der Waals surface area contributed by atoms with Gasteiger partial charge in [0.15, 0.2) is 0 Å². The van der Waals surface area contributed by atoms with Crippen molar-refractivity contribution in [1.29, 1.82) is 0 Å². The predicted molar refractivity (Wildman–Crippen MR) is 95.8 cm³/mol. The Kier molecular flexibility index (Phi) is 3.81. The van der Waals surface area contributed by atoms with Gasteiger partial charge >= 0.3 is 0 Å². The van der Waals surface area contributed by atoms with Crippen LogP contribution in [0.5, 0.6) is 0 Å². The smallest absolute Gasteiger partial charge is 0.235 e. The van der Waals surface area contributed by atoms with Crippen molar-refractivity contribution in [2.24, 2.45) is 5.92 Å². The number of hydrogen-bond acceptors (Lipinski definition) is 3. The lowest BCUT2D eigenvalue weighted by Crippen LogP contribution is -2.23. The van der Waals surface area contributed by atoms with Gasteiger partial charge in [0, 0.05) is 21.0 Å². The normalized spacial score (nSPS) is 19.3. The molecule has 0 radical (unpaired) electrons. The molecule has 0 fully saturated rings. The lowest BCUT2D eigenvalue weighted by Gasteiger charge is -2.14. The Morgan fingerprint density at radius 2 is 1.84 bits per heavy atom. The monoisotopic (exact) mass is 354 g/mol. The SMILES string of the molecule is O=C1[C@@H](Cc2ccccc2)[C@@H](C[N+](=O)[O-])c2cc3cc(Cl)ccc3n21. The summed E-state index contributed by atoms with van der Waals surface area (Å²) in [5.41, 5.74) is 2.47. The van der Waals surface area contributed by atoms with Crippen LogP contribution in [-0.2, 0) is 6.42 Å². The summed E-state index contributed by atoms with van der Waals surface area (Å²) < 4.78 is 1.63. The summed E-state index contributed by atoms with van der Waals surface area (Å²) in [6.45, 7) is -0.257. The van der Waals surface area contributed by atoms with Crippen LogP contribution < -0.4 is 0 Å². The lowest BCUT2D eigenvalue weighted by atomic mass is 9.86. The average Bonchev–Trinajstić information content (AvgIpc) is 3.06. The van der Waals surface area contributed by atoms with Crippen LogP contribution in [0.15, 0.2) is 54.6 Å². The van der Waals surface area contributed by atoms with E-state index in [1.807, 2.05) is 36.4 Å². The minimum Gasteiger partial charge on any atom is -0.283 e. The maximum atomic E-state index is 13.1. The molecule has 0 aliphatic carbocycles. The zero-order valence-electron chi connectivity index (χ0n) is 13.3. The Hall–Kier alpha value is -2.66. The van der Waals surface area contributed by atoms with Crippen molar-refractivity contribution in [3.05, 3.63) is 81.0 Å². The number of carbonyl (C=O) groups is 1. The summed E-state index contributed by atoms with van der Waals surface area (Å²) in [5.74, 6) is -0.945. The Bertz CT molecular complexity index is 981. The molecule has 0 bridgehead atoms. The van der Waals surface area contributed by atoms with Crippen molar-refractivity contribution in [2.45, 2.75) is 12.3 Å². The van der Waals surface area contributed by atoms with E-state index in [1.165, 1.54) is 0 Å². The summed E-state index contributed by atoms with van der Waals surface area (Å²) >= 11 is 6.03. The number of fused-ring (bicyclic) bond motifs is 3. The average molecular weight is 355 g/mol. The first-order valence-electron chi connectivity index (χ1n) is 8.05. The fourth-order valence-electron chi connectivity index (χ4n) is 3.75. The van der Waals surface area contributed by atoms with Crippen molar-refractivity contribution in [1.82, 2.24) is 4.57 Å². The van der Waals surface area contributed by atoms with E-state index in [0.29, 0.717) is 17.1 Å². The fourth-order valence-corrected chi connectivity index (χ4v) is 3.93. The molecule has 2 aromatic carbocycles. The van der Waals surface area contributed by atoms with E-state index in [4.69, 9.17) is 11.6 Å². The molecule has 1 aliphatic rings. The Labute approximate surface area is 149 Å². The highest BCUT2D eigenvalue weighted by molar-refractivity contribution is 6.31. The molecule has 6 heteroatoms. The molecule has 3 aromatic rings. The van der Waals surface area contributed by atoms with Gasteiger partial charge in [0.1, 0.15) is 0 Å². The van der Waals surface area contributed by atoms with E-state index in [-0.39, 0.29) is 17.4 Å². The summed E-state index contributed by atoms with van der Waals surface area (Å²) in [6, 6.07) is 16.8. The maximum Gasteiger partial charge on any atom is 0.235 e. The van der Waals surface area contributed by atoms with E-state index in [2.05, 4.69) is 0 Å². The molecule has 0 unspecified atom stereocenters. The van der Waals surface area contributed by atoms with E-state index in [9.17, 15) is 14.9 Å². The molecule has 0 saturated carbocycles. The maximum absolute atomic E-state index is 13.1. The molecule has 2 atom stereocenters. The number of aromatic nitrogens is 1. The number of carbonyl (C=O) groups excluding carboxylic acids is 1. The number of benzene rings is 2. The summed E-state index contributed by atoms with van der Waals surface area (Å²) in [4.78, 5) is 23.9. The van der Waals surface area contributed by atoms with E-state index in [0.717, 1.165) is 16.5 Å². The van der Waals surface area contributed by atoms with Gasteiger partial charge in [0.05, 0.1) is 17.4 Å². The molecule has 1 aliphatic heterocycles. The Morgan fingerprint density at radius 3 is 2.56 bits per heavy atom. The number of hydrogen-bond donors (Lipinski definition) is 0. The summed E-state index contributed by atoms with van der Waals surface area (Å²) in [5, 5.41) is 12.6. The number of nitrogens with zero attached hydrogens (tertiary/aromatic N) is 2. The largest absolute Gasteiger partial charge is 0.283 e. The first kappa shape index (κ1) is 15.8. The van der Waals surface area contributed by atoms with Crippen LogP contribution >= 0.6 is 11.6 Å². The van der Waals surface area contributed by atoms with Crippen molar-refractivity contribution < 1.29 is 9.72 Å². The quantitative estimate of drug-likeness (QED) is 0.521. The van der Waals surface area contributed by atoms with Crippen LogP contribution in [0.25, 0.3) is 10.9 Å². The summed E-state index contributed by atoms with van der Waals surface area (Å²) in [6.07, 6.45) is 0.495. The Morgan fingerprint density at radius 1 is 1.08 bits per heavy atom. The van der Waals surface area contributed by atoms with Crippen LogP contribution in [0.1, 0.15) is 22.0 Å². The molecule has 4 rings (SSSR count). The number of rotatable bonds is 4. The highest BCUT2D eigenvalue weighted by Crippen LogP contribution is 2.40. The van der Waals surface area contributed by atoms with E-state index in [1.54, 1.807) is 22.8 Å². The second-order valence-corrected chi connectivity index (χ2v) is 6.80. The molecule has 5 nitrogen and oxygen atoms in total. The first-order chi connectivity index (χ1) is 12.0. The van der Waals surface area contributed by atoms with Gasteiger partial charge in [-0.1, -0.05) is 41.9 Å². The van der Waals surface area contributed by atoms with E-state index >= 15 is 0 Å². The zero-order valence-corrected chi connectivity index (χ0v) is 14.0. The highest BCUT2D eigenvalue weighted by atomic mass is 35.5. The molecule has 1 aromatic heterocycles. The molecule has 0 N–H and O–H groups in total. The molecule has 0 amide bonds. The van der Waals surface area contributed by atoms with Crippen molar-refractivity contribution in [3.8, 4) is 0 Å². The lowest BCUT2D eigenvalue weighted by molar-refractivity contribution is -0.484. The van der Waals surface area contributed by atoms with Crippen LogP contribution in [0.3, 0.4) is 0 Å². The Balaban J connectivity index is 1.80. The topological polar surface area (TPSA) is 65.1 Å². The van der Waals surface area contributed by atoms with Crippen molar-refractivity contribution in [2.75, 3.05) is 6.54 Å². The second-order valence-electron chi connectivity index (χ2n) is 6.36. The molecule has 126 valence electrons. The van der Waals surface area contributed by atoms with Gasteiger partial charge in [-0.05, 0) is 36.2 Å². The minimum atomic E-state index is -0.436. The molecule has 0 spiro atoms. The van der Waals surface area contributed by atoms with Gasteiger partial charge in [0.25, 0.3) is 0 Å². The number of nitro groups is 1. The van der Waals surface area contributed by atoms with Gasteiger partial charge in [-0.15, -0.1) is 0 Å². The van der Waals surface area contributed by atoms with Gasteiger partial charge in [-0.2, -0.15) is 0 Å². The second kappa shape index (κ2) is 6.01. The molecule has 2 heterocycles. The summed E-state index contributed by atoms with van der Waals surface area (Å²) in [7, 11) is 0. The third kappa shape index (κ3) is 2.70. The molecule has 25 heavy (non-hydrogen) atoms. The van der Waals surface area contributed by atoms with Gasteiger partial charge in [0.2, 0.25) is 12.5 Å². The van der Waals surface area contributed by atoms with Gasteiger partial charge in [-0.25, -0.2) is 0 Å². The predicted octanol–water partition coefficient (Wildman–Crippen LogP) is 4.17. The van der Waals surface area contributed by atoms with E-state index < -0.39 is 11.8 Å². The van der Waals surface area contributed by atoms with Gasteiger partial charge < -0.3 is 0 Å². The van der Waals surface area contributed by atoms with Crippen LogP contribution in [0.4, 0.5) is 0 Å². The van der Waals surface area contributed by atoms with Crippen LogP contribution in [0, 0.1) is 16.0 Å². The van der Waals surface area contributed by atoms with Crippen molar-refractivity contribution >= 4 is 28.4 Å². The van der Waals surface area contributed by atoms with Gasteiger partial charge in [-0.3, -0.25) is 19.5 Å². The first-order valence-corrected chi connectivity index (χ1v) is 8.43. The third-order valence-corrected chi connectivity index (χ3v) is 5.07. The fraction of sp³-hybridized carbons (Fsp3) is 0.211. The molecule has 0 saturated heterocycles. The standard InChI is InChI=1S/C19H15ClN2O3/c20-14-6-7-17-13(9-14)10-18-16(11-21(24)25)15(19(23)22(17)18)8-12-4-2-1-3-5-12/h1-7,9-10,15-16H,8,11H2/t15-,16+/m0/s1. The molecular weight excluding hydrogens is 340 g/mol. The molecular formula is C19H15ClN2O3. The van der Waals surface area contributed by atoms with Crippen LogP contribution in [0.2, 0.25) is 5.02 Å². The third-order valence-electron chi connectivity index (χ3n) is 4.84. The highest BCUT2D eigenvalue weighted by Gasteiger charge is 2.43. The van der Waals surface area contributed by atoms with Crippen LogP contribution in [-0.4, -0.2) is 21.9 Å². The zero-order chi connectivity index (χ0) is 17.6. The minimum absolute atomic E-state index is 0.0805. The number of halogens is 1. The van der Waals surface area contributed by atoms with Crippen molar-refractivity contribution in [3.63, 3.8) is 0 Å².